The van der Waals surface area contributed by atoms with Gasteiger partial charge in [-0.05, 0) is 37.8 Å². The van der Waals surface area contributed by atoms with Gasteiger partial charge in [-0.3, -0.25) is 14.9 Å². The highest BCUT2D eigenvalue weighted by Gasteiger charge is 2.43. The summed E-state index contributed by atoms with van der Waals surface area (Å²) >= 11 is 3.21. The normalized spacial score (nSPS) is 16.3. The Balaban J connectivity index is 2.37. The molecule has 20 heavy (non-hydrogen) atoms. The predicted molar refractivity (Wildman–Crippen MR) is 75.0 cm³/mol. The van der Waals surface area contributed by atoms with Crippen LogP contribution in [0.5, 0.6) is 5.75 Å². The smallest absolute Gasteiger partial charge is 0.312 e. The van der Waals surface area contributed by atoms with Gasteiger partial charge in [0.05, 0.1) is 11.3 Å². The number of hydrogen-bond donors (Lipinski definition) is 1. The molecule has 7 heteroatoms. The lowest BCUT2D eigenvalue weighted by atomic mass is 9.77. The molecule has 1 fully saturated rings. The van der Waals surface area contributed by atoms with Crippen LogP contribution in [0.25, 0.3) is 0 Å². The van der Waals surface area contributed by atoms with Gasteiger partial charge in [0.1, 0.15) is 5.60 Å². The molecule has 1 N–H and O–H groups in total. The van der Waals surface area contributed by atoms with Crippen LogP contribution in [0.15, 0.2) is 16.6 Å². The lowest BCUT2D eigenvalue weighted by Crippen LogP contribution is -2.45. The van der Waals surface area contributed by atoms with E-state index in [9.17, 15) is 14.9 Å². The Hall–Kier alpha value is -1.63. The number of rotatable bonds is 5. The van der Waals surface area contributed by atoms with Crippen molar-refractivity contribution in [2.75, 3.05) is 0 Å². The summed E-state index contributed by atoms with van der Waals surface area (Å²) in [6.07, 6.45) is 1.94. The zero-order chi connectivity index (χ0) is 14.9. The third-order valence-electron chi connectivity index (χ3n) is 3.47. The summed E-state index contributed by atoms with van der Waals surface area (Å²) in [5, 5.41) is 20.1. The Morgan fingerprint density at radius 3 is 2.65 bits per heavy atom. The maximum atomic E-state index is 11.1. The lowest BCUT2D eigenvalue weighted by molar-refractivity contribution is -0.386. The number of ether oxygens (including phenoxy) is 1. The maximum absolute atomic E-state index is 11.1. The van der Waals surface area contributed by atoms with Crippen LogP contribution in [0.3, 0.4) is 0 Å². The van der Waals surface area contributed by atoms with E-state index in [4.69, 9.17) is 9.84 Å². The summed E-state index contributed by atoms with van der Waals surface area (Å²) in [6.45, 7) is 1.71. The number of carbonyl (C=O) groups is 1. The minimum Gasteiger partial charge on any atom is -0.481 e. The highest BCUT2D eigenvalue weighted by atomic mass is 79.9. The van der Waals surface area contributed by atoms with E-state index in [2.05, 4.69) is 15.9 Å². The first-order valence-corrected chi connectivity index (χ1v) is 6.98. The highest BCUT2D eigenvalue weighted by Crippen LogP contribution is 2.44. The molecule has 1 aromatic rings. The Morgan fingerprint density at radius 2 is 2.20 bits per heavy atom. The third-order valence-corrected chi connectivity index (χ3v) is 3.93. The molecule has 0 amide bonds. The van der Waals surface area contributed by atoms with Crippen molar-refractivity contribution in [3.8, 4) is 5.75 Å². The molecule has 0 bridgehead atoms. The summed E-state index contributed by atoms with van der Waals surface area (Å²) in [5.74, 6) is -0.790. The molecule has 0 aliphatic heterocycles. The topological polar surface area (TPSA) is 89.7 Å². The van der Waals surface area contributed by atoms with Crippen LogP contribution in [0.2, 0.25) is 0 Å². The Bertz CT molecular complexity index is 568. The van der Waals surface area contributed by atoms with E-state index in [1.165, 1.54) is 6.07 Å². The van der Waals surface area contributed by atoms with Gasteiger partial charge < -0.3 is 9.84 Å². The van der Waals surface area contributed by atoms with Crippen molar-refractivity contribution in [1.82, 2.24) is 0 Å². The Kier molecular flexibility index (Phi) is 3.99. The molecule has 1 aliphatic rings. The van der Waals surface area contributed by atoms with E-state index in [0.29, 0.717) is 22.9 Å². The monoisotopic (exact) mass is 343 g/mol. The Labute approximate surface area is 124 Å². The molecule has 0 heterocycles. The largest absolute Gasteiger partial charge is 0.481 e. The number of nitro groups is 1. The van der Waals surface area contributed by atoms with Gasteiger partial charge in [0, 0.05) is 10.5 Å². The van der Waals surface area contributed by atoms with Crippen molar-refractivity contribution >= 4 is 27.6 Å². The first-order valence-electron chi connectivity index (χ1n) is 6.18. The average molecular weight is 344 g/mol. The minimum absolute atomic E-state index is 0.139. The van der Waals surface area contributed by atoms with E-state index in [0.717, 1.165) is 6.42 Å². The van der Waals surface area contributed by atoms with Gasteiger partial charge in [-0.2, -0.15) is 0 Å². The molecule has 0 spiro atoms. The number of aliphatic carboxylic acids is 1. The van der Waals surface area contributed by atoms with Crippen LogP contribution in [-0.2, 0) is 4.79 Å². The van der Waals surface area contributed by atoms with Crippen LogP contribution in [0.1, 0.15) is 31.2 Å². The summed E-state index contributed by atoms with van der Waals surface area (Å²) in [5.41, 5.74) is -0.342. The van der Waals surface area contributed by atoms with E-state index in [-0.39, 0.29) is 17.9 Å². The van der Waals surface area contributed by atoms with Gasteiger partial charge in [-0.25, -0.2) is 0 Å². The van der Waals surface area contributed by atoms with Crippen molar-refractivity contribution in [2.24, 2.45) is 0 Å². The van der Waals surface area contributed by atoms with Gasteiger partial charge in [0.15, 0.2) is 0 Å². The number of hydrogen-bond acceptors (Lipinski definition) is 4. The number of nitrogens with zero attached hydrogens (tertiary/aromatic N) is 1. The number of carboxylic acid groups (broad SMARTS) is 1. The van der Waals surface area contributed by atoms with E-state index in [1.54, 1.807) is 13.0 Å². The Morgan fingerprint density at radius 1 is 1.55 bits per heavy atom. The average Bonchev–Trinajstić information content (AvgIpc) is 2.28. The standard InChI is InChI=1S/C13H14BrNO5/c1-8-5-9(14)6-10(15(18)19)12(8)20-13(3-2-4-13)7-11(16)17/h5-6H,2-4,7H2,1H3,(H,16,17). The fraction of sp³-hybridized carbons (Fsp3) is 0.462. The van der Waals surface area contributed by atoms with Crippen molar-refractivity contribution in [3.63, 3.8) is 0 Å². The third kappa shape index (κ3) is 2.92. The molecular formula is C13H14BrNO5. The fourth-order valence-corrected chi connectivity index (χ4v) is 2.92. The zero-order valence-electron chi connectivity index (χ0n) is 10.9. The first kappa shape index (κ1) is 14.8. The second kappa shape index (κ2) is 5.40. The number of nitro benzene ring substituents is 1. The molecule has 6 nitrogen and oxygen atoms in total. The molecule has 1 aromatic carbocycles. The quantitative estimate of drug-likeness (QED) is 0.653. The van der Waals surface area contributed by atoms with Crippen molar-refractivity contribution < 1.29 is 19.6 Å². The number of carboxylic acids is 1. The summed E-state index contributed by atoms with van der Waals surface area (Å²) in [4.78, 5) is 21.5. The summed E-state index contributed by atoms with van der Waals surface area (Å²) in [7, 11) is 0. The van der Waals surface area contributed by atoms with E-state index >= 15 is 0 Å². The molecule has 1 aliphatic carbocycles. The highest BCUT2D eigenvalue weighted by molar-refractivity contribution is 9.10. The van der Waals surface area contributed by atoms with Crippen molar-refractivity contribution in [3.05, 3.63) is 32.3 Å². The number of benzene rings is 1. The molecule has 0 saturated heterocycles. The van der Waals surface area contributed by atoms with Crippen molar-refractivity contribution in [1.29, 1.82) is 0 Å². The number of aryl methyl sites for hydroxylation is 1. The first-order chi connectivity index (χ1) is 9.33. The van der Waals surface area contributed by atoms with Crippen LogP contribution in [-0.4, -0.2) is 21.6 Å². The van der Waals surface area contributed by atoms with Gasteiger partial charge in [-0.1, -0.05) is 15.9 Å². The molecule has 108 valence electrons. The molecular weight excluding hydrogens is 330 g/mol. The number of halogens is 1. The predicted octanol–water partition coefficient (Wildman–Crippen LogP) is 3.44. The van der Waals surface area contributed by atoms with E-state index in [1.807, 2.05) is 0 Å². The fourth-order valence-electron chi connectivity index (χ4n) is 2.36. The van der Waals surface area contributed by atoms with Gasteiger partial charge >= 0.3 is 11.7 Å². The molecule has 0 atom stereocenters. The van der Waals surface area contributed by atoms with E-state index < -0.39 is 16.5 Å². The SMILES string of the molecule is Cc1cc(Br)cc([N+](=O)[O-])c1OC1(CC(=O)O)CCC1. The van der Waals surface area contributed by atoms with Gasteiger partial charge in [-0.15, -0.1) is 0 Å². The summed E-state index contributed by atoms with van der Waals surface area (Å²) < 4.78 is 6.38. The van der Waals surface area contributed by atoms with Crippen LogP contribution in [0, 0.1) is 17.0 Å². The maximum Gasteiger partial charge on any atom is 0.312 e. The van der Waals surface area contributed by atoms with Gasteiger partial charge in [0.2, 0.25) is 5.75 Å². The van der Waals surface area contributed by atoms with Crippen LogP contribution >= 0.6 is 15.9 Å². The molecule has 2 rings (SSSR count). The second-order valence-corrected chi connectivity index (χ2v) is 5.95. The van der Waals surface area contributed by atoms with Gasteiger partial charge in [0.25, 0.3) is 0 Å². The molecule has 0 radical (unpaired) electrons. The minimum atomic E-state index is -0.956. The lowest BCUT2D eigenvalue weighted by Gasteiger charge is -2.40. The zero-order valence-corrected chi connectivity index (χ0v) is 12.5. The summed E-state index contributed by atoms with van der Waals surface area (Å²) in [6, 6.07) is 3.09. The van der Waals surface area contributed by atoms with Crippen LogP contribution in [0.4, 0.5) is 5.69 Å². The molecule has 0 unspecified atom stereocenters. The van der Waals surface area contributed by atoms with Crippen LogP contribution < -0.4 is 4.74 Å². The molecule has 0 aromatic heterocycles. The second-order valence-electron chi connectivity index (χ2n) is 5.04. The van der Waals surface area contributed by atoms with Crippen molar-refractivity contribution in [2.45, 2.75) is 38.2 Å². The molecule has 1 saturated carbocycles.